The molecule has 0 spiro atoms. The smallest absolute Gasteiger partial charge is 0.224 e. The SMILES string of the molecule is CC(=O)c1ccc(NC(=O)CCCOc2cc(C)c(Cl)c(C)c2)cc1. The van der Waals surface area contributed by atoms with Crippen LogP contribution < -0.4 is 10.1 Å². The number of Topliss-reactive ketones (excluding diaryl/α,β-unsaturated/α-hetero) is 1. The van der Waals surface area contributed by atoms with Gasteiger partial charge < -0.3 is 10.1 Å². The number of hydrogen-bond donors (Lipinski definition) is 1. The number of ketones is 1. The number of halogens is 1. The number of benzene rings is 2. The van der Waals surface area contributed by atoms with Crippen LogP contribution in [0.4, 0.5) is 5.69 Å². The second-order valence-electron chi connectivity index (χ2n) is 6.00. The van der Waals surface area contributed by atoms with E-state index in [2.05, 4.69) is 5.32 Å². The third-order valence-corrected chi connectivity index (χ3v) is 4.40. The standard InChI is InChI=1S/C20H22ClNO3/c1-13-11-18(12-14(2)20(13)21)25-10-4-5-19(24)22-17-8-6-16(7-9-17)15(3)23/h6-9,11-12H,4-5,10H2,1-3H3,(H,22,24). The molecule has 0 aliphatic carbocycles. The van der Waals surface area contributed by atoms with Gasteiger partial charge in [-0.3, -0.25) is 9.59 Å². The van der Waals surface area contributed by atoms with E-state index in [-0.39, 0.29) is 11.7 Å². The van der Waals surface area contributed by atoms with Crippen molar-refractivity contribution in [3.05, 3.63) is 58.1 Å². The molecule has 1 amide bonds. The van der Waals surface area contributed by atoms with Crippen LogP contribution in [-0.4, -0.2) is 18.3 Å². The Balaban J connectivity index is 1.76. The minimum atomic E-state index is -0.0809. The Morgan fingerprint density at radius 2 is 1.68 bits per heavy atom. The van der Waals surface area contributed by atoms with Gasteiger partial charge in [-0.2, -0.15) is 0 Å². The summed E-state index contributed by atoms with van der Waals surface area (Å²) < 4.78 is 5.69. The van der Waals surface area contributed by atoms with Crippen molar-refractivity contribution in [3.8, 4) is 5.75 Å². The van der Waals surface area contributed by atoms with Crippen LogP contribution in [0.5, 0.6) is 5.75 Å². The van der Waals surface area contributed by atoms with Crippen LogP contribution in [0.25, 0.3) is 0 Å². The zero-order chi connectivity index (χ0) is 18.4. The van der Waals surface area contributed by atoms with E-state index in [1.54, 1.807) is 24.3 Å². The van der Waals surface area contributed by atoms with Crippen molar-refractivity contribution in [2.45, 2.75) is 33.6 Å². The number of anilines is 1. The van der Waals surface area contributed by atoms with E-state index in [0.717, 1.165) is 21.9 Å². The first-order valence-corrected chi connectivity index (χ1v) is 8.55. The van der Waals surface area contributed by atoms with Gasteiger partial charge in [-0.25, -0.2) is 0 Å². The van der Waals surface area contributed by atoms with Crippen LogP contribution in [0.15, 0.2) is 36.4 Å². The summed E-state index contributed by atoms with van der Waals surface area (Å²) in [6, 6.07) is 10.6. The van der Waals surface area contributed by atoms with Gasteiger partial charge in [0.15, 0.2) is 5.78 Å². The fourth-order valence-electron chi connectivity index (χ4n) is 2.42. The van der Waals surface area contributed by atoms with Gasteiger partial charge in [0.2, 0.25) is 5.91 Å². The molecule has 0 aliphatic rings. The Labute approximate surface area is 153 Å². The van der Waals surface area contributed by atoms with Crippen LogP contribution in [0.2, 0.25) is 5.02 Å². The lowest BCUT2D eigenvalue weighted by Gasteiger charge is -2.10. The number of nitrogens with one attached hydrogen (secondary N) is 1. The first kappa shape index (κ1) is 19.0. The Hall–Kier alpha value is -2.33. The molecule has 0 bridgehead atoms. The lowest BCUT2D eigenvalue weighted by molar-refractivity contribution is -0.116. The number of rotatable bonds is 7. The van der Waals surface area contributed by atoms with Crippen molar-refractivity contribution in [3.63, 3.8) is 0 Å². The molecule has 0 saturated heterocycles. The minimum Gasteiger partial charge on any atom is -0.494 e. The highest BCUT2D eigenvalue weighted by Gasteiger charge is 2.06. The fraction of sp³-hybridized carbons (Fsp3) is 0.300. The van der Waals surface area contributed by atoms with Crippen molar-refractivity contribution < 1.29 is 14.3 Å². The maximum atomic E-state index is 11.9. The van der Waals surface area contributed by atoms with Crippen molar-refractivity contribution in [2.75, 3.05) is 11.9 Å². The topological polar surface area (TPSA) is 55.4 Å². The predicted molar refractivity (Wildman–Crippen MR) is 101 cm³/mol. The molecule has 0 heterocycles. The Bertz CT molecular complexity index is 746. The second-order valence-corrected chi connectivity index (χ2v) is 6.38. The van der Waals surface area contributed by atoms with E-state index in [0.29, 0.717) is 30.7 Å². The largest absolute Gasteiger partial charge is 0.494 e. The van der Waals surface area contributed by atoms with Crippen LogP contribution in [0.1, 0.15) is 41.3 Å². The molecule has 0 unspecified atom stereocenters. The van der Waals surface area contributed by atoms with Gasteiger partial charge in [0.25, 0.3) is 0 Å². The molecule has 2 rings (SSSR count). The molecule has 0 saturated carbocycles. The van der Waals surface area contributed by atoms with E-state index >= 15 is 0 Å². The second kappa shape index (κ2) is 8.67. The number of hydrogen-bond acceptors (Lipinski definition) is 3. The maximum Gasteiger partial charge on any atom is 0.224 e. The average Bonchev–Trinajstić information content (AvgIpc) is 2.57. The lowest BCUT2D eigenvalue weighted by atomic mass is 10.1. The molecular weight excluding hydrogens is 338 g/mol. The minimum absolute atomic E-state index is 0.00250. The zero-order valence-corrected chi connectivity index (χ0v) is 15.4. The van der Waals surface area contributed by atoms with Gasteiger partial charge in [-0.1, -0.05) is 11.6 Å². The highest BCUT2D eigenvalue weighted by molar-refractivity contribution is 6.32. The summed E-state index contributed by atoms with van der Waals surface area (Å²) in [5.74, 6) is 0.685. The number of carbonyl (C=O) groups excluding carboxylic acids is 2. The molecular formula is C20H22ClNO3. The van der Waals surface area contributed by atoms with Crippen molar-refractivity contribution >= 4 is 29.0 Å². The summed E-state index contributed by atoms with van der Waals surface area (Å²) >= 11 is 6.13. The van der Waals surface area contributed by atoms with Gasteiger partial charge in [0.1, 0.15) is 5.75 Å². The fourth-order valence-corrected chi connectivity index (χ4v) is 2.53. The summed E-state index contributed by atoms with van der Waals surface area (Å²) in [7, 11) is 0. The Kier molecular flexibility index (Phi) is 6.59. The van der Waals surface area contributed by atoms with Crippen molar-refractivity contribution in [1.29, 1.82) is 0 Å². The molecule has 5 heteroatoms. The third-order valence-electron chi connectivity index (χ3n) is 3.80. The van der Waals surface area contributed by atoms with Gasteiger partial charge in [0.05, 0.1) is 6.61 Å². The average molecular weight is 360 g/mol. The first-order chi connectivity index (χ1) is 11.9. The molecule has 0 fully saturated rings. The van der Waals surface area contributed by atoms with E-state index in [4.69, 9.17) is 16.3 Å². The van der Waals surface area contributed by atoms with Crippen molar-refractivity contribution in [1.82, 2.24) is 0 Å². The molecule has 4 nitrogen and oxygen atoms in total. The van der Waals surface area contributed by atoms with E-state index in [1.807, 2.05) is 26.0 Å². The van der Waals surface area contributed by atoms with Crippen LogP contribution in [0, 0.1) is 13.8 Å². The quantitative estimate of drug-likeness (QED) is 0.561. The number of aryl methyl sites for hydroxylation is 2. The molecule has 0 aliphatic heterocycles. The molecule has 1 N–H and O–H groups in total. The first-order valence-electron chi connectivity index (χ1n) is 8.17. The van der Waals surface area contributed by atoms with Gasteiger partial charge in [-0.15, -0.1) is 0 Å². The van der Waals surface area contributed by atoms with Crippen LogP contribution in [-0.2, 0) is 4.79 Å². The maximum absolute atomic E-state index is 11.9. The van der Waals surface area contributed by atoms with Crippen LogP contribution in [0.3, 0.4) is 0 Å². The predicted octanol–water partition coefficient (Wildman–Crippen LogP) is 4.96. The van der Waals surface area contributed by atoms with E-state index in [1.165, 1.54) is 6.92 Å². The summed E-state index contributed by atoms with van der Waals surface area (Å²) in [4.78, 5) is 23.2. The molecule has 0 atom stereocenters. The summed E-state index contributed by atoms with van der Waals surface area (Å²) in [6.07, 6.45) is 0.970. The molecule has 0 aromatic heterocycles. The lowest BCUT2D eigenvalue weighted by Crippen LogP contribution is -2.13. The summed E-state index contributed by atoms with van der Waals surface area (Å²) in [6.45, 7) is 5.84. The molecule has 132 valence electrons. The van der Waals surface area contributed by atoms with E-state index in [9.17, 15) is 9.59 Å². The highest BCUT2D eigenvalue weighted by atomic mass is 35.5. The number of carbonyl (C=O) groups is 2. The zero-order valence-electron chi connectivity index (χ0n) is 14.7. The molecule has 2 aromatic carbocycles. The van der Waals surface area contributed by atoms with Crippen LogP contribution >= 0.6 is 11.6 Å². The number of ether oxygens (including phenoxy) is 1. The Morgan fingerprint density at radius 3 is 2.24 bits per heavy atom. The van der Waals surface area contributed by atoms with Crippen molar-refractivity contribution in [2.24, 2.45) is 0 Å². The summed E-state index contributed by atoms with van der Waals surface area (Å²) in [5.41, 5.74) is 3.26. The summed E-state index contributed by atoms with van der Waals surface area (Å²) in [5, 5.41) is 3.56. The molecule has 0 radical (unpaired) electrons. The van der Waals surface area contributed by atoms with Gasteiger partial charge in [0, 0.05) is 22.7 Å². The van der Waals surface area contributed by atoms with E-state index < -0.39 is 0 Å². The van der Waals surface area contributed by atoms with Gasteiger partial charge >= 0.3 is 0 Å². The van der Waals surface area contributed by atoms with Gasteiger partial charge in [-0.05, 0) is 74.7 Å². The highest BCUT2D eigenvalue weighted by Crippen LogP contribution is 2.25. The third kappa shape index (κ3) is 5.61. The molecule has 2 aromatic rings. The normalized spacial score (nSPS) is 10.4. The monoisotopic (exact) mass is 359 g/mol. The number of amides is 1. The molecule has 25 heavy (non-hydrogen) atoms. The Morgan fingerprint density at radius 1 is 1.08 bits per heavy atom.